The summed E-state index contributed by atoms with van der Waals surface area (Å²) in [7, 11) is 0. The van der Waals surface area contributed by atoms with Crippen LogP contribution in [-0.2, 0) is 11.3 Å². The number of carbonyl (C=O) groups excluding carboxylic acids is 1. The van der Waals surface area contributed by atoms with E-state index in [0.29, 0.717) is 17.2 Å². The molecule has 0 fully saturated rings. The fourth-order valence-corrected chi connectivity index (χ4v) is 1.49. The van der Waals surface area contributed by atoms with E-state index in [1.807, 2.05) is 0 Å². The quantitative estimate of drug-likeness (QED) is 0.755. The first kappa shape index (κ1) is 9.39. The molecule has 5 heteroatoms. The Kier molecular flexibility index (Phi) is 2.21. The summed E-state index contributed by atoms with van der Waals surface area (Å²) < 4.78 is 1.31. The summed E-state index contributed by atoms with van der Waals surface area (Å²) in [5.41, 5.74) is 0.925. The molecule has 1 N–H and O–H groups in total. The molecule has 0 unspecified atom stereocenters. The highest BCUT2D eigenvalue weighted by Gasteiger charge is 2.10. The van der Waals surface area contributed by atoms with Crippen LogP contribution in [0.1, 0.15) is 10.5 Å². The minimum absolute atomic E-state index is 0.242. The molecule has 76 valence electrons. The Labute approximate surface area is 84.9 Å². The predicted octanol–water partition coefficient (Wildman–Crippen LogP) is 0.933. The molecule has 1 heterocycles. The largest absolute Gasteiger partial charge is 0.480 e. The van der Waals surface area contributed by atoms with Gasteiger partial charge >= 0.3 is 5.97 Å². The molecule has 0 bridgehead atoms. The molecule has 0 spiro atoms. The Morgan fingerprint density at radius 1 is 1.47 bits per heavy atom. The van der Waals surface area contributed by atoms with Crippen LogP contribution in [0, 0.1) is 0 Å². The van der Waals surface area contributed by atoms with E-state index in [1.165, 1.54) is 4.68 Å². The molecule has 1 aromatic carbocycles. The SMILES string of the molecule is O=Cc1nn(CC(=O)O)c2ccccc12. The van der Waals surface area contributed by atoms with Crippen LogP contribution in [0.2, 0.25) is 0 Å². The molecule has 0 saturated heterocycles. The van der Waals surface area contributed by atoms with Gasteiger partial charge in [-0.15, -0.1) is 0 Å². The van der Waals surface area contributed by atoms with E-state index in [-0.39, 0.29) is 12.2 Å². The molecule has 5 nitrogen and oxygen atoms in total. The second-order valence-electron chi connectivity index (χ2n) is 3.07. The normalized spacial score (nSPS) is 10.4. The molecule has 2 aromatic rings. The third-order valence-corrected chi connectivity index (χ3v) is 2.08. The van der Waals surface area contributed by atoms with Gasteiger partial charge in [0.15, 0.2) is 6.29 Å². The van der Waals surface area contributed by atoms with Crippen LogP contribution in [-0.4, -0.2) is 27.1 Å². The van der Waals surface area contributed by atoms with Crippen LogP contribution in [0.25, 0.3) is 10.9 Å². The van der Waals surface area contributed by atoms with Crippen molar-refractivity contribution in [2.75, 3.05) is 0 Å². The molecule has 0 radical (unpaired) electrons. The number of hydrogen-bond donors (Lipinski definition) is 1. The molecule has 0 aliphatic heterocycles. The summed E-state index contributed by atoms with van der Waals surface area (Å²) >= 11 is 0. The zero-order chi connectivity index (χ0) is 10.8. The number of carboxylic acid groups (broad SMARTS) is 1. The summed E-state index contributed by atoms with van der Waals surface area (Å²) in [4.78, 5) is 21.3. The predicted molar refractivity (Wildman–Crippen MR) is 52.8 cm³/mol. The Morgan fingerprint density at radius 3 is 2.87 bits per heavy atom. The molecule has 0 amide bonds. The van der Waals surface area contributed by atoms with Crippen LogP contribution in [0.4, 0.5) is 0 Å². The minimum Gasteiger partial charge on any atom is -0.480 e. The lowest BCUT2D eigenvalue weighted by atomic mass is 10.2. The maximum Gasteiger partial charge on any atom is 0.325 e. The molecule has 2 rings (SSSR count). The fraction of sp³-hybridized carbons (Fsp3) is 0.100. The Bertz CT molecular complexity index is 530. The number of aromatic nitrogens is 2. The highest BCUT2D eigenvalue weighted by molar-refractivity contribution is 5.95. The number of aliphatic carboxylic acids is 1. The molecule has 0 aliphatic rings. The average Bonchev–Trinajstić information content (AvgIpc) is 2.56. The maximum atomic E-state index is 10.7. The van der Waals surface area contributed by atoms with Crippen LogP contribution in [0.15, 0.2) is 24.3 Å². The number of benzene rings is 1. The standard InChI is InChI=1S/C10H8N2O3/c13-6-8-7-3-1-2-4-9(7)12(11-8)5-10(14)15/h1-4,6H,5H2,(H,14,15). The van der Waals surface area contributed by atoms with Crippen LogP contribution < -0.4 is 0 Å². The van der Waals surface area contributed by atoms with Crippen LogP contribution in [0.3, 0.4) is 0 Å². The number of para-hydroxylation sites is 1. The molecular weight excluding hydrogens is 196 g/mol. The lowest BCUT2D eigenvalue weighted by Gasteiger charge is -1.97. The minimum atomic E-state index is -0.985. The average molecular weight is 204 g/mol. The number of carboxylic acids is 1. The smallest absolute Gasteiger partial charge is 0.325 e. The van der Waals surface area contributed by atoms with Crippen molar-refractivity contribution >= 4 is 23.2 Å². The second-order valence-corrected chi connectivity index (χ2v) is 3.07. The first-order valence-electron chi connectivity index (χ1n) is 4.35. The fourth-order valence-electron chi connectivity index (χ4n) is 1.49. The van der Waals surface area contributed by atoms with Crippen molar-refractivity contribution in [3.63, 3.8) is 0 Å². The van der Waals surface area contributed by atoms with Gasteiger partial charge in [-0.3, -0.25) is 14.3 Å². The van der Waals surface area contributed by atoms with Crippen molar-refractivity contribution in [2.45, 2.75) is 6.54 Å². The summed E-state index contributed by atoms with van der Waals surface area (Å²) in [5.74, 6) is -0.985. The van der Waals surface area contributed by atoms with Gasteiger partial charge in [0.2, 0.25) is 0 Å². The van der Waals surface area contributed by atoms with Crippen molar-refractivity contribution in [3.05, 3.63) is 30.0 Å². The van der Waals surface area contributed by atoms with Crippen molar-refractivity contribution in [1.29, 1.82) is 0 Å². The van der Waals surface area contributed by atoms with Gasteiger partial charge in [0.1, 0.15) is 12.2 Å². The number of fused-ring (bicyclic) bond motifs is 1. The van der Waals surface area contributed by atoms with Gasteiger partial charge in [-0.05, 0) is 6.07 Å². The number of rotatable bonds is 3. The molecule has 0 atom stereocenters. The zero-order valence-corrected chi connectivity index (χ0v) is 7.75. The van der Waals surface area contributed by atoms with E-state index < -0.39 is 5.97 Å². The van der Waals surface area contributed by atoms with Gasteiger partial charge < -0.3 is 5.11 Å². The van der Waals surface area contributed by atoms with Gasteiger partial charge in [0, 0.05) is 5.39 Å². The molecule has 1 aromatic heterocycles. The topological polar surface area (TPSA) is 72.2 Å². The number of carbonyl (C=O) groups is 2. The number of hydrogen-bond acceptors (Lipinski definition) is 3. The zero-order valence-electron chi connectivity index (χ0n) is 7.75. The van der Waals surface area contributed by atoms with E-state index in [0.717, 1.165) is 0 Å². The van der Waals surface area contributed by atoms with Gasteiger partial charge in [-0.25, -0.2) is 0 Å². The summed E-state index contributed by atoms with van der Waals surface area (Å²) in [5, 5.41) is 13.2. The lowest BCUT2D eigenvalue weighted by molar-refractivity contribution is -0.137. The van der Waals surface area contributed by atoms with E-state index in [2.05, 4.69) is 5.10 Å². The molecule has 15 heavy (non-hydrogen) atoms. The van der Waals surface area contributed by atoms with Crippen molar-refractivity contribution in [2.24, 2.45) is 0 Å². The highest BCUT2D eigenvalue weighted by atomic mass is 16.4. The lowest BCUT2D eigenvalue weighted by Crippen LogP contribution is -2.10. The monoisotopic (exact) mass is 204 g/mol. The van der Waals surface area contributed by atoms with Crippen molar-refractivity contribution in [3.8, 4) is 0 Å². The van der Waals surface area contributed by atoms with Gasteiger partial charge in [0.05, 0.1) is 5.52 Å². The van der Waals surface area contributed by atoms with E-state index in [9.17, 15) is 9.59 Å². The van der Waals surface area contributed by atoms with Crippen molar-refractivity contribution < 1.29 is 14.7 Å². The van der Waals surface area contributed by atoms with E-state index >= 15 is 0 Å². The first-order valence-corrected chi connectivity index (χ1v) is 4.35. The summed E-state index contributed by atoms with van der Waals surface area (Å²) in [6.45, 7) is -0.242. The Balaban J connectivity index is 2.64. The first-order chi connectivity index (χ1) is 7.22. The highest BCUT2D eigenvalue weighted by Crippen LogP contribution is 2.16. The third kappa shape index (κ3) is 1.59. The van der Waals surface area contributed by atoms with Crippen molar-refractivity contribution in [1.82, 2.24) is 9.78 Å². The van der Waals surface area contributed by atoms with Gasteiger partial charge in [-0.1, -0.05) is 18.2 Å². The summed E-state index contributed by atoms with van der Waals surface area (Å²) in [6, 6.07) is 7.03. The van der Waals surface area contributed by atoms with Crippen LogP contribution in [0.5, 0.6) is 0 Å². The number of aldehydes is 1. The van der Waals surface area contributed by atoms with Crippen LogP contribution >= 0.6 is 0 Å². The van der Waals surface area contributed by atoms with E-state index in [1.54, 1.807) is 24.3 Å². The third-order valence-electron chi connectivity index (χ3n) is 2.08. The Hall–Kier alpha value is -2.17. The Morgan fingerprint density at radius 2 is 2.20 bits per heavy atom. The number of nitrogens with zero attached hydrogens (tertiary/aromatic N) is 2. The molecular formula is C10H8N2O3. The summed E-state index contributed by atoms with van der Waals surface area (Å²) in [6.07, 6.45) is 0.626. The molecule has 0 saturated carbocycles. The van der Waals surface area contributed by atoms with Gasteiger partial charge in [0.25, 0.3) is 0 Å². The molecule has 0 aliphatic carbocycles. The van der Waals surface area contributed by atoms with E-state index in [4.69, 9.17) is 5.11 Å². The second kappa shape index (κ2) is 3.53. The maximum absolute atomic E-state index is 10.7. The van der Waals surface area contributed by atoms with Gasteiger partial charge in [-0.2, -0.15) is 5.10 Å².